The van der Waals surface area contributed by atoms with Crippen LogP contribution in [0, 0.1) is 12.3 Å². The zero-order valence-electron chi connectivity index (χ0n) is 11.5. The van der Waals surface area contributed by atoms with Gasteiger partial charge in [0.05, 0.1) is 12.5 Å². The predicted molar refractivity (Wildman–Crippen MR) is 73.8 cm³/mol. The lowest BCUT2D eigenvalue weighted by molar-refractivity contribution is -0.124. The highest BCUT2D eigenvalue weighted by Gasteiger charge is 2.29. The van der Waals surface area contributed by atoms with Gasteiger partial charge in [0.25, 0.3) is 0 Å². The molecule has 0 bridgehead atoms. The van der Waals surface area contributed by atoms with E-state index in [1.165, 1.54) is 0 Å². The van der Waals surface area contributed by atoms with Crippen LogP contribution in [0.25, 0.3) is 0 Å². The van der Waals surface area contributed by atoms with Crippen molar-refractivity contribution in [1.29, 1.82) is 0 Å². The molecule has 0 aliphatic carbocycles. The molecule has 0 heterocycles. The molecular weight excluding hydrogens is 228 g/mol. The van der Waals surface area contributed by atoms with Gasteiger partial charge in [-0.25, -0.2) is 0 Å². The third kappa shape index (κ3) is 3.01. The second-order valence-electron chi connectivity index (χ2n) is 4.75. The molecule has 1 rings (SSSR count). The van der Waals surface area contributed by atoms with Crippen molar-refractivity contribution in [2.24, 2.45) is 11.1 Å². The van der Waals surface area contributed by atoms with Gasteiger partial charge in [-0.2, -0.15) is 0 Å². The zero-order valence-corrected chi connectivity index (χ0v) is 11.5. The van der Waals surface area contributed by atoms with E-state index in [0.717, 1.165) is 17.0 Å². The second kappa shape index (κ2) is 5.87. The maximum atomic E-state index is 12.2. The van der Waals surface area contributed by atoms with E-state index >= 15 is 0 Å². The number of carbonyl (C=O) groups excluding carboxylic acids is 1. The van der Waals surface area contributed by atoms with E-state index in [9.17, 15) is 4.79 Å². The summed E-state index contributed by atoms with van der Waals surface area (Å²) in [7, 11) is 1.62. The van der Waals surface area contributed by atoms with Crippen LogP contribution in [0.15, 0.2) is 18.2 Å². The standard InChI is InChI=1S/C14H22N2O2/c1-5-14(3,9-15)13(17)16-12-7-6-11(18-4)8-10(12)2/h6-8H,5,9,15H2,1-4H3,(H,16,17). The molecule has 100 valence electrons. The number of hydrogen-bond donors (Lipinski definition) is 2. The van der Waals surface area contributed by atoms with Gasteiger partial charge in [-0.05, 0) is 44.0 Å². The van der Waals surface area contributed by atoms with Gasteiger partial charge in [-0.15, -0.1) is 0 Å². The SMILES string of the molecule is CCC(C)(CN)C(=O)Nc1ccc(OC)cc1C. The van der Waals surface area contributed by atoms with Gasteiger partial charge in [0.1, 0.15) is 5.75 Å². The first-order valence-electron chi connectivity index (χ1n) is 6.13. The number of benzene rings is 1. The van der Waals surface area contributed by atoms with Crippen molar-refractivity contribution in [1.82, 2.24) is 0 Å². The Bertz CT molecular complexity index is 426. The van der Waals surface area contributed by atoms with Crippen LogP contribution in [0.1, 0.15) is 25.8 Å². The molecule has 1 amide bonds. The summed E-state index contributed by atoms with van der Waals surface area (Å²) in [6, 6.07) is 5.56. The number of nitrogens with one attached hydrogen (secondary N) is 1. The Morgan fingerprint density at radius 2 is 2.17 bits per heavy atom. The van der Waals surface area contributed by atoms with E-state index in [1.807, 2.05) is 39.0 Å². The number of ether oxygens (including phenoxy) is 1. The Morgan fingerprint density at radius 1 is 1.50 bits per heavy atom. The van der Waals surface area contributed by atoms with E-state index < -0.39 is 5.41 Å². The molecule has 0 fully saturated rings. The van der Waals surface area contributed by atoms with E-state index in [0.29, 0.717) is 13.0 Å². The van der Waals surface area contributed by atoms with Gasteiger partial charge in [0.2, 0.25) is 5.91 Å². The minimum atomic E-state index is -0.521. The van der Waals surface area contributed by atoms with Crippen molar-refractivity contribution < 1.29 is 9.53 Å². The van der Waals surface area contributed by atoms with E-state index in [2.05, 4.69) is 5.32 Å². The molecule has 1 unspecified atom stereocenters. The first-order valence-corrected chi connectivity index (χ1v) is 6.13. The lowest BCUT2D eigenvalue weighted by atomic mass is 9.86. The Hall–Kier alpha value is -1.55. The molecule has 0 saturated carbocycles. The smallest absolute Gasteiger partial charge is 0.231 e. The topological polar surface area (TPSA) is 64.4 Å². The Kier molecular flexibility index (Phi) is 4.73. The number of methoxy groups -OCH3 is 1. The molecule has 18 heavy (non-hydrogen) atoms. The molecule has 1 aromatic rings. The average molecular weight is 250 g/mol. The van der Waals surface area contributed by atoms with Gasteiger partial charge in [-0.1, -0.05) is 6.92 Å². The lowest BCUT2D eigenvalue weighted by Gasteiger charge is -2.25. The molecule has 0 aromatic heterocycles. The highest BCUT2D eigenvalue weighted by molar-refractivity contribution is 5.95. The van der Waals surface area contributed by atoms with Crippen LogP contribution in [0.3, 0.4) is 0 Å². The summed E-state index contributed by atoms with van der Waals surface area (Å²) < 4.78 is 5.13. The number of carbonyl (C=O) groups is 1. The molecule has 4 heteroatoms. The largest absolute Gasteiger partial charge is 0.497 e. The van der Waals surface area contributed by atoms with Gasteiger partial charge in [-0.3, -0.25) is 4.79 Å². The lowest BCUT2D eigenvalue weighted by Crippen LogP contribution is -2.39. The van der Waals surface area contributed by atoms with Crippen molar-refractivity contribution in [2.75, 3.05) is 19.0 Å². The van der Waals surface area contributed by atoms with Crippen LogP contribution in [-0.4, -0.2) is 19.6 Å². The van der Waals surface area contributed by atoms with Gasteiger partial charge in [0.15, 0.2) is 0 Å². The minimum Gasteiger partial charge on any atom is -0.497 e. The second-order valence-corrected chi connectivity index (χ2v) is 4.75. The summed E-state index contributed by atoms with van der Waals surface area (Å²) in [6.07, 6.45) is 0.713. The molecular formula is C14H22N2O2. The summed E-state index contributed by atoms with van der Waals surface area (Å²) >= 11 is 0. The van der Waals surface area contributed by atoms with E-state index in [4.69, 9.17) is 10.5 Å². The zero-order chi connectivity index (χ0) is 13.8. The van der Waals surface area contributed by atoms with Crippen LogP contribution in [0.4, 0.5) is 5.69 Å². The number of nitrogens with two attached hydrogens (primary N) is 1. The molecule has 0 aliphatic rings. The molecule has 3 N–H and O–H groups in total. The van der Waals surface area contributed by atoms with Crippen molar-refractivity contribution >= 4 is 11.6 Å². The summed E-state index contributed by atoms with van der Waals surface area (Å²) in [5.41, 5.74) is 6.92. The Labute approximate surface area is 109 Å². The fourth-order valence-corrected chi connectivity index (χ4v) is 1.57. The predicted octanol–water partition coefficient (Wildman–Crippen LogP) is 2.32. The normalized spacial score (nSPS) is 13.8. The average Bonchev–Trinajstić information content (AvgIpc) is 2.39. The summed E-state index contributed by atoms with van der Waals surface area (Å²) in [5, 5.41) is 2.93. The third-order valence-corrected chi connectivity index (χ3v) is 3.46. The van der Waals surface area contributed by atoms with Gasteiger partial charge >= 0.3 is 0 Å². The van der Waals surface area contributed by atoms with Crippen molar-refractivity contribution in [3.8, 4) is 5.75 Å². The highest BCUT2D eigenvalue weighted by Crippen LogP contribution is 2.25. The van der Waals surface area contributed by atoms with Crippen molar-refractivity contribution in [3.63, 3.8) is 0 Å². The van der Waals surface area contributed by atoms with Crippen LogP contribution >= 0.6 is 0 Å². The first kappa shape index (κ1) is 14.5. The fraction of sp³-hybridized carbons (Fsp3) is 0.500. The van der Waals surface area contributed by atoms with E-state index in [-0.39, 0.29) is 5.91 Å². The molecule has 0 spiro atoms. The minimum absolute atomic E-state index is 0.0410. The maximum absolute atomic E-state index is 12.2. The van der Waals surface area contributed by atoms with Crippen molar-refractivity contribution in [3.05, 3.63) is 23.8 Å². The maximum Gasteiger partial charge on any atom is 0.231 e. The number of aryl methyl sites for hydroxylation is 1. The van der Waals surface area contributed by atoms with Gasteiger partial charge < -0.3 is 15.8 Å². The highest BCUT2D eigenvalue weighted by atomic mass is 16.5. The molecule has 0 aliphatic heterocycles. The monoisotopic (exact) mass is 250 g/mol. The van der Waals surface area contributed by atoms with E-state index in [1.54, 1.807) is 7.11 Å². The fourth-order valence-electron chi connectivity index (χ4n) is 1.57. The number of anilines is 1. The molecule has 1 atom stereocenters. The van der Waals surface area contributed by atoms with Gasteiger partial charge in [0, 0.05) is 12.2 Å². The third-order valence-electron chi connectivity index (χ3n) is 3.46. The molecule has 0 radical (unpaired) electrons. The summed E-state index contributed by atoms with van der Waals surface area (Å²) in [6.45, 7) is 6.11. The summed E-state index contributed by atoms with van der Waals surface area (Å²) in [4.78, 5) is 12.2. The Balaban J connectivity index is 2.88. The first-order chi connectivity index (χ1) is 8.46. The Morgan fingerprint density at radius 3 is 2.61 bits per heavy atom. The van der Waals surface area contributed by atoms with Crippen LogP contribution in [0.2, 0.25) is 0 Å². The molecule has 0 saturated heterocycles. The number of hydrogen-bond acceptors (Lipinski definition) is 3. The summed E-state index contributed by atoms with van der Waals surface area (Å²) in [5.74, 6) is 0.739. The van der Waals surface area contributed by atoms with Crippen molar-refractivity contribution in [2.45, 2.75) is 27.2 Å². The quantitative estimate of drug-likeness (QED) is 0.843. The number of rotatable bonds is 5. The van der Waals surface area contributed by atoms with Crippen LogP contribution < -0.4 is 15.8 Å². The molecule has 4 nitrogen and oxygen atoms in total. The van der Waals surface area contributed by atoms with Crippen LogP contribution in [0.5, 0.6) is 5.75 Å². The number of amides is 1. The molecule has 1 aromatic carbocycles. The van der Waals surface area contributed by atoms with Crippen LogP contribution in [-0.2, 0) is 4.79 Å².